The highest BCUT2D eigenvalue weighted by atomic mass is 79.9. The molecule has 0 saturated heterocycles. The molecule has 0 atom stereocenters. The van der Waals surface area contributed by atoms with Crippen LogP contribution in [0.25, 0.3) is 0 Å². The molecule has 0 bridgehead atoms. The van der Waals surface area contributed by atoms with E-state index in [9.17, 15) is 0 Å². The quantitative estimate of drug-likeness (QED) is 0.258. The maximum absolute atomic E-state index is 5.78. The lowest BCUT2D eigenvalue weighted by molar-refractivity contribution is 0.283. The van der Waals surface area contributed by atoms with Crippen molar-refractivity contribution in [3.05, 3.63) is 45.4 Å². The largest absolute Gasteiger partial charge is 0.497 e. The number of rotatable bonds is 6. The van der Waals surface area contributed by atoms with Crippen LogP contribution in [-0.4, -0.2) is 25.4 Å². The van der Waals surface area contributed by atoms with Gasteiger partial charge in [-0.2, -0.15) is 0 Å². The van der Waals surface area contributed by atoms with Crippen LogP contribution in [0.1, 0.15) is 6.92 Å². The van der Waals surface area contributed by atoms with Crippen molar-refractivity contribution in [2.24, 2.45) is 4.99 Å². The third-order valence-electron chi connectivity index (χ3n) is 2.17. The van der Waals surface area contributed by atoms with Crippen LogP contribution in [0, 0.1) is 0 Å². The van der Waals surface area contributed by atoms with Crippen molar-refractivity contribution in [2.45, 2.75) is 6.92 Å². The minimum absolute atomic E-state index is 0.261. The summed E-state index contributed by atoms with van der Waals surface area (Å²) in [5, 5.41) is 0.261. The van der Waals surface area contributed by atoms with E-state index in [4.69, 9.17) is 21.1 Å². The highest BCUT2D eigenvalue weighted by Crippen LogP contribution is 2.16. The average molecular weight is 346 g/mol. The maximum Gasteiger partial charge on any atom is 0.214 e. The first-order chi connectivity index (χ1) is 9.06. The Labute approximate surface area is 125 Å². The molecule has 0 amide bonds. The van der Waals surface area contributed by atoms with Crippen molar-refractivity contribution in [3.8, 4) is 5.88 Å². The fraction of sp³-hybridized carbons (Fsp3) is 0.231. The van der Waals surface area contributed by atoms with Crippen LogP contribution in [0.5, 0.6) is 5.88 Å². The zero-order valence-electron chi connectivity index (χ0n) is 10.7. The lowest BCUT2D eigenvalue weighted by Crippen LogP contribution is -2.03. The van der Waals surface area contributed by atoms with Gasteiger partial charge in [0.2, 0.25) is 5.88 Å². The average Bonchev–Trinajstić information content (AvgIpc) is 2.41. The standard InChI is InChI=1S/C13H14BrClN2O2/c1-9(10(18-3)7-12(15)16-2)8-19-13-6-4-5-11(14)17-13/h4-7H,2,8H2,1,3H3/b10-9-,12-7-. The molecule has 0 aliphatic heterocycles. The van der Waals surface area contributed by atoms with Crippen LogP contribution in [-0.2, 0) is 4.74 Å². The molecule has 6 heteroatoms. The summed E-state index contributed by atoms with van der Waals surface area (Å²) in [6.45, 7) is 5.55. The Hall–Kier alpha value is -1.33. The predicted octanol–water partition coefficient (Wildman–Crippen LogP) is 3.92. The first-order valence-electron chi connectivity index (χ1n) is 5.40. The molecule has 0 fully saturated rings. The number of allylic oxidation sites excluding steroid dienone is 1. The molecule has 0 aliphatic carbocycles. The Kier molecular flexibility index (Phi) is 6.59. The minimum atomic E-state index is 0.261. The highest BCUT2D eigenvalue weighted by Gasteiger charge is 2.04. The van der Waals surface area contributed by atoms with Crippen molar-refractivity contribution in [3.63, 3.8) is 0 Å². The summed E-state index contributed by atoms with van der Waals surface area (Å²) in [4.78, 5) is 7.76. The van der Waals surface area contributed by atoms with Gasteiger partial charge in [0.25, 0.3) is 0 Å². The number of hydrogen-bond acceptors (Lipinski definition) is 4. The summed E-state index contributed by atoms with van der Waals surface area (Å²) in [6.07, 6.45) is 1.58. The summed E-state index contributed by atoms with van der Waals surface area (Å²) >= 11 is 9.06. The molecular weight excluding hydrogens is 332 g/mol. The summed E-state index contributed by atoms with van der Waals surface area (Å²) in [5.74, 6) is 1.12. The Balaban J connectivity index is 2.76. The van der Waals surface area contributed by atoms with Crippen LogP contribution < -0.4 is 4.74 Å². The van der Waals surface area contributed by atoms with Gasteiger partial charge in [-0.25, -0.2) is 4.98 Å². The Morgan fingerprint density at radius 2 is 2.32 bits per heavy atom. The smallest absolute Gasteiger partial charge is 0.214 e. The van der Waals surface area contributed by atoms with Gasteiger partial charge in [-0.15, -0.1) is 0 Å². The van der Waals surface area contributed by atoms with Gasteiger partial charge in [0.1, 0.15) is 22.1 Å². The monoisotopic (exact) mass is 344 g/mol. The second-order valence-electron chi connectivity index (χ2n) is 3.56. The molecule has 1 heterocycles. The molecule has 0 aromatic carbocycles. The number of ether oxygens (including phenoxy) is 2. The van der Waals surface area contributed by atoms with E-state index < -0.39 is 0 Å². The van der Waals surface area contributed by atoms with Crippen molar-refractivity contribution >= 4 is 34.2 Å². The summed E-state index contributed by atoms with van der Waals surface area (Å²) in [7, 11) is 1.56. The van der Waals surface area contributed by atoms with Gasteiger partial charge in [-0.3, -0.25) is 4.99 Å². The third-order valence-corrected chi connectivity index (χ3v) is 2.84. The lowest BCUT2D eigenvalue weighted by atomic mass is 10.2. The molecule has 0 aliphatic rings. The number of aromatic nitrogens is 1. The summed E-state index contributed by atoms with van der Waals surface area (Å²) < 4.78 is 11.5. The van der Waals surface area contributed by atoms with E-state index >= 15 is 0 Å². The Morgan fingerprint density at radius 3 is 2.89 bits per heavy atom. The molecule has 1 aromatic heterocycles. The van der Waals surface area contributed by atoms with Gasteiger partial charge in [-0.05, 0) is 35.6 Å². The molecule has 0 unspecified atom stereocenters. The van der Waals surface area contributed by atoms with Gasteiger partial charge in [0.05, 0.1) is 7.11 Å². The number of aliphatic imine (C=N–C) groups is 1. The van der Waals surface area contributed by atoms with Crippen molar-refractivity contribution in [2.75, 3.05) is 13.7 Å². The first-order valence-corrected chi connectivity index (χ1v) is 6.57. The normalized spacial score (nSPS) is 12.7. The maximum atomic E-state index is 5.78. The van der Waals surface area contributed by atoms with Gasteiger partial charge >= 0.3 is 0 Å². The van der Waals surface area contributed by atoms with Gasteiger partial charge in [0.15, 0.2) is 0 Å². The molecule has 1 aromatic rings. The molecule has 102 valence electrons. The van der Waals surface area contributed by atoms with Gasteiger partial charge in [-0.1, -0.05) is 17.7 Å². The first kappa shape index (κ1) is 15.7. The van der Waals surface area contributed by atoms with Gasteiger partial charge in [0, 0.05) is 17.7 Å². The fourth-order valence-electron chi connectivity index (χ4n) is 1.23. The second kappa shape index (κ2) is 7.96. The molecule has 4 nitrogen and oxygen atoms in total. The molecule has 0 saturated carbocycles. The SMILES string of the molecule is C=N/C(Cl)=C\C(OC)=C(/C)COc1cccc(Br)n1. The van der Waals surface area contributed by atoms with Crippen molar-refractivity contribution in [1.82, 2.24) is 4.98 Å². The van der Waals surface area contributed by atoms with Gasteiger partial charge < -0.3 is 9.47 Å². The Bertz CT molecular complexity index is 515. The van der Waals surface area contributed by atoms with E-state index in [0.717, 1.165) is 10.2 Å². The zero-order valence-corrected chi connectivity index (χ0v) is 13.0. The molecule has 1 rings (SSSR count). The van der Waals surface area contributed by atoms with Crippen LogP contribution in [0.3, 0.4) is 0 Å². The predicted molar refractivity (Wildman–Crippen MR) is 80.6 cm³/mol. The summed E-state index contributed by atoms with van der Waals surface area (Å²) in [6, 6.07) is 5.45. The lowest BCUT2D eigenvalue weighted by Gasteiger charge is -2.09. The number of pyridine rings is 1. The van der Waals surface area contributed by atoms with E-state index in [1.807, 2.05) is 19.1 Å². The molecule has 19 heavy (non-hydrogen) atoms. The van der Waals surface area contributed by atoms with Crippen LogP contribution in [0.2, 0.25) is 0 Å². The number of hydrogen-bond donors (Lipinski definition) is 0. The van der Waals surface area contributed by atoms with Crippen LogP contribution in [0.4, 0.5) is 0 Å². The van der Waals surface area contributed by atoms with Crippen LogP contribution in [0.15, 0.2) is 50.4 Å². The number of halogens is 2. The van der Waals surface area contributed by atoms with E-state index in [2.05, 4.69) is 32.6 Å². The van der Waals surface area contributed by atoms with Crippen LogP contribution >= 0.6 is 27.5 Å². The third kappa shape index (κ3) is 5.44. The summed E-state index contributed by atoms with van der Waals surface area (Å²) in [5.41, 5.74) is 0.867. The highest BCUT2D eigenvalue weighted by molar-refractivity contribution is 9.10. The fourth-order valence-corrected chi connectivity index (χ4v) is 1.66. The van der Waals surface area contributed by atoms with E-state index in [1.54, 1.807) is 19.3 Å². The molecule has 0 spiro atoms. The zero-order chi connectivity index (χ0) is 14.3. The molecule has 0 radical (unpaired) electrons. The second-order valence-corrected chi connectivity index (χ2v) is 4.76. The van der Waals surface area contributed by atoms with E-state index in [-0.39, 0.29) is 5.16 Å². The Morgan fingerprint density at radius 1 is 1.58 bits per heavy atom. The van der Waals surface area contributed by atoms with E-state index in [0.29, 0.717) is 18.2 Å². The minimum Gasteiger partial charge on any atom is -0.497 e. The number of methoxy groups -OCH3 is 1. The van der Waals surface area contributed by atoms with E-state index in [1.165, 1.54) is 0 Å². The van der Waals surface area contributed by atoms with Crippen molar-refractivity contribution < 1.29 is 9.47 Å². The molecular formula is C13H14BrClN2O2. The van der Waals surface area contributed by atoms with Crippen molar-refractivity contribution in [1.29, 1.82) is 0 Å². The molecule has 0 N–H and O–H groups in total. The topological polar surface area (TPSA) is 43.7 Å². The number of nitrogens with zero attached hydrogens (tertiary/aromatic N) is 2.